The van der Waals surface area contributed by atoms with Crippen molar-refractivity contribution in [2.75, 3.05) is 11.5 Å². The largest absolute Gasteiger partial charge is 0.508 e. The number of phenolic OH excluding ortho intramolecular Hbond substituents is 1. The first-order valence-corrected chi connectivity index (χ1v) is 14.0. The van der Waals surface area contributed by atoms with Gasteiger partial charge in [-0.15, -0.1) is 0 Å². The molecule has 1 atom stereocenters. The Hall–Kier alpha value is -4.96. The molecule has 9 nitrogen and oxygen atoms in total. The SMILES string of the molecule is CCOC(=O)c1sc(N2C(=O)C(=O)C(=C(O)c3ccc(OCc4ccccc4C)cc3)C2c2ccc(O)cc2)nc1C. The number of rotatable bonds is 8. The van der Waals surface area contributed by atoms with Crippen molar-refractivity contribution in [3.63, 3.8) is 0 Å². The number of carbonyl (C=O) groups excluding carboxylic acids is 3. The van der Waals surface area contributed by atoms with E-state index in [0.717, 1.165) is 22.5 Å². The van der Waals surface area contributed by atoms with Gasteiger partial charge in [0.15, 0.2) is 5.13 Å². The molecule has 2 N–H and O–H groups in total. The number of aromatic hydroxyl groups is 1. The van der Waals surface area contributed by atoms with E-state index in [0.29, 0.717) is 29.2 Å². The van der Waals surface area contributed by atoms with Crippen LogP contribution in [0.5, 0.6) is 11.5 Å². The van der Waals surface area contributed by atoms with Gasteiger partial charge in [-0.3, -0.25) is 14.5 Å². The van der Waals surface area contributed by atoms with E-state index in [1.165, 1.54) is 17.0 Å². The van der Waals surface area contributed by atoms with E-state index < -0.39 is 23.7 Å². The van der Waals surface area contributed by atoms with Gasteiger partial charge >= 0.3 is 11.9 Å². The minimum absolute atomic E-state index is 0.00771. The molecule has 1 saturated heterocycles. The first-order chi connectivity index (χ1) is 20.2. The first-order valence-electron chi connectivity index (χ1n) is 13.2. The van der Waals surface area contributed by atoms with Crippen LogP contribution < -0.4 is 9.64 Å². The summed E-state index contributed by atoms with van der Waals surface area (Å²) in [5, 5.41) is 21.4. The maximum atomic E-state index is 13.4. The van der Waals surface area contributed by atoms with Crippen molar-refractivity contribution in [2.45, 2.75) is 33.4 Å². The number of aryl methyl sites for hydroxylation is 2. The van der Waals surface area contributed by atoms with E-state index in [1.807, 2.05) is 31.2 Å². The van der Waals surface area contributed by atoms with Gasteiger partial charge < -0.3 is 19.7 Å². The Kier molecular flexibility index (Phi) is 8.08. The number of esters is 1. The number of anilines is 1. The standard InChI is InChI=1S/C32H28N2O7S/c1-4-40-31(39)29-19(3)33-32(42-29)34-26(20-9-13-23(35)14-10-20)25(28(37)30(34)38)27(36)21-11-15-24(16-12-21)41-17-22-8-6-5-7-18(22)2/h5-16,26,35-36H,4,17H2,1-3H3. The molecule has 42 heavy (non-hydrogen) atoms. The van der Waals surface area contributed by atoms with E-state index in [1.54, 1.807) is 50.2 Å². The lowest BCUT2D eigenvalue weighted by Crippen LogP contribution is -2.29. The molecule has 1 amide bonds. The number of Topliss-reactive ketones (excluding diaryl/α,β-unsaturated/α-hetero) is 1. The number of hydrogen-bond acceptors (Lipinski definition) is 9. The number of aliphatic hydroxyl groups excluding tert-OH is 1. The van der Waals surface area contributed by atoms with Crippen LogP contribution >= 0.6 is 11.3 Å². The monoisotopic (exact) mass is 584 g/mol. The molecule has 0 saturated carbocycles. The average Bonchev–Trinajstić information content (AvgIpc) is 3.49. The van der Waals surface area contributed by atoms with Crippen LogP contribution in [0.1, 0.15) is 50.6 Å². The van der Waals surface area contributed by atoms with Crippen LogP contribution in [0.25, 0.3) is 5.76 Å². The maximum Gasteiger partial charge on any atom is 0.350 e. The fourth-order valence-electron chi connectivity index (χ4n) is 4.67. The number of carbonyl (C=O) groups is 3. The quantitative estimate of drug-likeness (QED) is 0.114. The fourth-order valence-corrected chi connectivity index (χ4v) is 5.66. The van der Waals surface area contributed by atoms with Crippen LogP contribution in [0.4, 0.5) is 5.13 Å². The second-order valence-electron chi connectivity index (χ2n) is 9.63. The zero-order valence-corrected chi connectivity index (χ0v) is 24.0. The summed E-state index contributed by atoms with van der Waals surface area (Å²) in [6.07, 6.45) is 0. The highest BCUT2D eigenvalue weighted by Gasteiger charge is 2.48. The lowest BCUT2D eigenvalue weighted by atomic mass is 9.95. The summed E-state index contributed by atoms with van der Waals surface area (Å²) in [4.78, 5) is 45.1. The summed E-state index contributed by atoms with van der Waals surface area (Å²) in [5.41, 5.74) is 3.11. The van der Waals surface area contributed by atoms with E-state index in [9.17, 15) is 24.6 Å². The minimum Gasteiger partial charge on any atom is -0.508 e. The molecular formula is C32H28N2O7S. The Labute approximate surface area is 246 Å². The highest BCUT2D eigenvalue weighted by atomic mass is 32.1. The number of ketones is 1. The Morgan fingerprint density at radius 3 is 2.36 bits per heavy atom. The molecule has 1 aliphatic rings. The molecule has 3 aromatic carbocycles. The maximum absolute atomic E-state index is 13.4. The molecule has 0 radical (unpaired) electrons. The number of hydrogen-bond donors (Lipinski definition) is 2. The molecule has 1 unspecified atom stereocenters. The molecule has 0 aliphatic carbocycles. The van der Waals surface area contributed by atoms with Crippen molar-refractivity contribution >= 4 is 39.9 Å². The Balaban J connectivity index is 1.52. The van der Waals surface area contributed by atoms with Crippen LogP contribution in [-0.4, -0.2) is 39.5 Å². The predicted molar refractivity (Wildman–Crippen MR) is 158 cm³/mol. The smallest absolute Gasteiger partial charge is 0.350 e. The molecule has 0 bridgehead atoms. The molecule has 2 heterocycles. The van der Waals surface area contributed by atoms with Gasteiger partial charge in [-0.25, -0.2) is 9.78 Å². The second-order valence-corrected chi connectivity index (χ2v) is 10.6. The number of amides is 1. The lowest BCUT2D eigenvalue weighted by molar-refractivity contribution is -0.132. The molecule has 1 aromatic heterocycles. The van der Waals surface area contributed by atoms with Crippen molar-refractivity contribution in [1.82, 2.24) is 4.98 Å². The van der Waals surface area contributed by atoms with Crippen molar-refractivity contribution in [3.8, 4) is 11.5 Å². The lowest BCUT2D eigenvalue weighted by Gasteiger charge is -2.23. The summed E-state index contributed by atoms with van der Waals surface area (Å²) in [6.45, 7) is 5.83. The highest BCUT2D eigenvalue weighted by molar-refractivity contribution is 7.17. The molecule has 10 heteroatoms. The van der Waals surface area contributed by atoms with Gasteiger partial charge in [0.1, 0.15) is 28.7 Å². The van der Waals surface area contributed by atoms with Crippen molar-refractivity contribution < 1.29 is 34.1 Å². The topological polar surface area (TPSA) is 126 Å². The fraction of sp³-hybridized carbons (Fsp3) is 0.188. The van der Waals surface area contributed by atoms with Gasteiger partial charge in [-0.05, 0) is 73.9 Å². The highest BCUT2D eigenvalue weighted by Crippen LogP contribution is 2.44. The summed E-state index contributed by atoms with van der Waals surface area (Å²) in [5.74, 6) is -2.21. The zero-order chi connectivity index (χ0) is 30.0. The summed E-state index contributed by atoms with van der Waals surface area (Å²) < 4.78 is 11.0. The van der Waals surface area contributed by atoms with Gasteiger partial charge in [0.05, 0.1) is 23.9 Å². The third-order valence-corrected chi connectivity index (χ3v) is 8.03. The Bertz CT molecular complexity index is 1690. The number of ether oxygens (including phenoxy) is 2. The summed E-state index contributed by atoms with van der Waals surface area (Å²) in [7, 11) is 0. The Morgan fingerprint density at radius 2 is 1.69 bits per heavy atom. The van der Waals surface area contributed by atoms with Gasteiger partial charge in [0.25, 0.3) is 5.78 Å². The first kappa shape index (κ1) is 28.6. The number of nitrogens with zero attached hydrogens (tertiary/aromatic N) is 2. The van der Waals surface area contributed by atoms with Crippen LogP contribution in [0.3, 0.4) is 0 Å². The van der Waals surface area contributed by atoms with E-state index in [4.69, 9.17) is 9.47 Å². The average molecular weight is 585 g/mol. The normalized spacial score (nSPS) is 16.1. The number of thiazole rings is 1. The molecule has 0 spiro atoms. The molecular weight excluding hydrogens is 556 g/mol. The van der Waals surface area contributed by atoms with Crippen molar-refractivity contribution in [2.24, 2.45) is 0 Å². The number of phenols is 1. The molecule has 5 rings (SSSR count). The second kappa shape index (κ2) is 11.9. The van der Waals surface area contributed by atoms with Crippen molar-refractivity contribution in [3.05, 3.63) is 111 Å². The van der Waals surface area contributed by atoms with E-state index in [2.05, 4.69) is 4.98 Å². The van der Waals surface area contributed by atoms with Crippen LogP contribution in [-0.2, 0) is 20.9 Å². The Morgan fingerprint density at radius 1 is 1.00 bits per heavy atom. The molecule has 1 fully saturated rings. The van der Waals surface area contributed by atoms with Gasteiger partial charge in [0.2, 0.25) is 0 Å². The van der Waals surface area contributed by atoms with Gasteiger partial charge in [-0.2, -0.15) is 0 Å². The number of aromatic nitrogens is 1. The third-order valence-electron chi connectivity index (χ3n) is 6.89. The van der Waals surface area contributed by atoms with Crippen LogP contribution in [0.15, 0.2) is 78.4 Å². The third kappa shape index (κ3) is 5.48. The van der Waals surface area contributed by atoms with Crippen LogP contribution in [0.2, 0.25) is 0 Å². The zero-order valence-electron chi connectivity index (χ0n) is 23.2. The van der Waals surface area contributed by atoms with Crippen LogP contribution in [0, 0.1) is 13.8 Å². The van der Waals surface area contributed by atoms with Crippen molar-refractivity contribution in [1.29, 1.82) is 0 Å². The van der Waals surface area contributed by atoms with Gasteiger partial charge in [0, 0.05) is 5.56 Å². The van der Waals surface area contributed by atoms with E-state index in [-0.39, 0.29) is 33.7 Å². The summed E-state index contributed by atoms with van der Waals surface area (Å²) >= 11 is 0.925. The molecule has 214 valence electrons. The summed E-state index contributed by atoms with van der Waals surface area (Å²) in [6, 6.07) is 19.3. The molecule has 1 aliphatic heterocycles. The predicted octanol–water partition coefficient (Wildman–Crippen LogP) is 5.85. The minimum atomic E-state index is -1.07. The number of benzene rings is 3. The number of aliphatic hydroxyl groups is 1. The van der Waals surface area contributed by atoms with E-state index >= 15 is 0 Å². The molecule has 4 aromatic rings. The van der Waals surface area contributed by atoms with Gasteiger partial charge in [-0.1, -0.05) is 47.7 Å².